The van der Waals surface area contributed by atoms with Gasteiger partial charge in [0, 0.05) is 24.7 Å². The Morgan fingerprint density at radius 3 is 2.11 bits per heavy atom. The van der Waals surface area contributed by atoms with Crippen LogP contribution in [0.25, 0.3) is 0 Å². The summed E-state index contributed by atoms with van der Waals surface area (Å²) in [6.07, 6.45) is 11.7. The summed E-state index contributed by atoms with van der Waals surface area (Å²) < 4.78 is 0. The van der Waals surface area contributed by atoms with Crippen molar-refractivity contribution in [3.05, 3.63) is 0 Å². The molecule has 0 aromatic carbocycles. The summed E-state index contributed by atoms with van der Waals surface area (Å²) in [4.78, 5) is 2.90. The van der Waals surface area contributed by atoms with Crippen molar-refractivity contribution < 1.29 is 0 Å². The lowest BCUT2D eigenvalue weighted by Crippen LogP contribution is -2.50. The summed E-state index contributed by atoms with van der Waals surface area (Å²) in [5, 5.41) is 3.51. The Labute approximate surface area is 113 Å². The number of hydrogen-bond acceptors (Lipinski definition) is 2. The van der Waals surface area contributed by atoms with Crippen molar-refractivity contribution in [3.63, 3.8) is 0 Å². The van der Waals surface area contributed by atoms with E-state index in [9.17, 15) is 0 Å². The fourth-order valence-electron chi connectivity index (χ4n) is 4.62. The van der Waals surface area contributed by atoms with Crippen LogP contribution in [0.1, 0.15) is 58.3 Å². The number of piperidine rings is 1. The minimum Gasteiger partial charge on any atom is -0.317 e. The van der Waals surface area contributed by atoms with Crippen LogP contribution >= 0.6 is 0 Å². The minimum atomic E-state index is 0.796. The first-order chi connectivity index (χ1) is 8.76. The third-order valence-electron chi connectivity index (χ3n) is 5.90. The number of fused-ring (bicyclic) bond motifs is 2. The van der Waals surface area contributed by atoms with Gasteiger partial charge in [0.25, 0.3) is 0 Å². The van der Waals surface area contributed by atoms with Crippen LogP contribution in [-0.2, 0) is 0 Å². The van der Waals surface area contributed by atoms with Crippen molar-refractivity contribution in [2.75, 3.05) is 13.6 Å². The maximum atomic E-state index is 3.51. The first kappa shape index (κ1) is 12.9. The van der Waals surface area contributed by atoms with Crippen molar-refractivity contribution in [1.82, 2.24) is 10.2 Å². The largest absolute Gasteiger partial charge is 0.317 e. The molecule has 0 aromatic heterocycles. The third-order valence-corrected chi connectivity index (χ3v) is 5.90. The van der Waals surface area contributed by atoms with Gasteiger partial charge < -0.3 is 5.32 Å². The second-order valence-electron chi connectivity index (χ2n) is 7.16. The molecule has 1 aliphatic carbocycles. The molecule has 0 spiro atoms. The SMILES string of the molecule is CNC1CC2CCC(C1)N2CC1CCC(C)CC1. The molecular weight excluding hydrogens is 220 g/mol. The summed E-state index contributed by atoms with van der Waals surface area (Å²) in [5.74, 6) is 2.00. The Bertz CT molecular complexity index is 256. The number of nitrogens with one attached hydrogen (secondary N) is 1. The van der Waals surface area contributed by atoms with Crippen molar-refractivity contribution >= 4 is 0 Å². The Balaban J connectivity index is 1.54. The van der Waals surface area contributed by atoms with Gasteiger partial charge in [-0.05, 0) is 57.4 Å². The minimum absolute atomic E-state index is 0.796. The van der Waals surface area contributed by atoms with E-state index in [1.54, 1.807) is 0 Å². The van der Waals surface area contributed by atoms with E-state index in [0.29, 0.717) is 0 Å². The molecule has 3 rings (SSSR count). The van der Waals surface area contributed by atoms with Crippen molar-refractivity contribution in [3.8, 4) is 0 Å². The highest BCUT2D eigenvalue weighted by Crippen LogP contribution is 2.38. The molecule has 3 fully saturated rings. The smallest absolute Gasteiger partial charge is 0.0114 e. The summed E-state index contributed by atoms with van der Waals surface area (Å²) in [6.45, 7) is 3.84. The highest BCUT2D eigenvalue weighted by Gasteiger charge is 2.40. The molecule has 1 N–H and O–H groups in total. The van der Waals surface area contributed by atoms with Crippen LogP contribution in [0.15, 0.2) is 0 Å². The normalized spacial score (nSPS) is 45.3. The molecule has 2 atom stereocenters. The van der Waals surface area contributed by atoms with Crippen LogP contribution in [0.4, 0.5) is 0 Å². The molecule has 0 radical (unpaired) electrons. The van der Waals surface area contributed by atoms with Gasteiger partial charge in [0.05, 0.1) is 0 Å². The Kier molecular flexibility index (Phi) is 3.95. The number of rotatable bonds is 3. The molecular formula is C16H30N2. The van der Waals surface area contributed by atoms with Crippen LogP contribution in [0.2, 0.25) is 0 Å². The zero-order valence-electron chi connectivity index (χ0n) is 12.2. The Morgan fingerprint density at radius 2 is 1.56 bits per heavy atom. The third kappa shape index (κ3) is 2.60. The van der Waals surface area contributed by atoms with E-state index in [1.807, 2.05) is 0 Å². The molecule has 2 heteroatoms. The van der Waals surface area contributed by atoms with Gasteiger partial charge in [-0.25, -0.2) is 0 Å². The van der Waals surface area contributed by atoms with Gasteiger partial charge in [-0.15, -0.1) is 0 Å². The summed E-state index contributed by atoms with van der Waals surface area (Å²) in [5.41, 5.74) is 0. The number of nitrogens with zero attached hydrogens (tertiary/aromatic N) is 1. The van der Waals surface area contributed by atoms with Crippen molar-refractivity contribution in [2.24, 2.45) is 11.8 Å². The van der Waals surface area contributed by atoms with Gasteiger partial charge in [0.15, 0.2) is 0 Å². The second-order valence-corrected chi connectivity index (χ2v) is 7.16. The molecule has 2 bridgehead atoms. The molecule has 104 valence electrons. The molecule has 0 amide bonds. The summed E-state index contributed by atoms with van der Waals surface area (Å²) in [6, 6.07) is 2.60. The standard InChI is InChI=1S/C16H30N2/c1-12-3-5-13(6-4-12)11-18-15-7-8-16(18)10-14(9-15)17-2/h12-17H,3-11H2,1-2H3. The molecule has 2 nitrogen and oxygen atoms in total. The van der Waals surface area contributed by atoms with Gasteiger partial charge in [0.2, 0.25) is 0 Å². The Morgan fingerprint density at radius 1 is 0.944 bits per heavy atom. The average molecular weight is 250 g/mol. The number of hydrogen-bond donors (Lipinski definition) is 1. The zero-order chi connectivity index (χ0) is 12.5. The first-order valence-corrected chi connectivity index (χ1v) is 8.19. The molecule has 1 saturated carbocycles. The van der Waals surface area contributed by atoms with Crippen LogP contribution in [0.5, 0.6) is 0 Å². The molecule has 2 aliphatic heterocycles. The second kappa shape index (κ2) is 5.50. The Hall–Kier alpha value is -0.0800. The highest BCUT2D eigenvalue weighted by atomic mass is 15.2. The van der Waals surface area contributed by atoms with Crippen LogP contribution in [0, 0.1) is 11.8 Å². The molecule has 2 saturated heterocycles. The van der Waals surface area contributed by atoms with E-state index in [2.05, 4.69) is 24.2 Å². The lowest BCUT2D eigenvalue weighted by atomic mass is 9.82. The lowest BCUT2D eigenvalue weighted by Gasteiger charge is -2.41. The molecule has 18 heavy (non-hydrogen) atoms. The molecule has 3 aliphatic rings. The molecule has 2 unspecified atom stereocenters. The monoisotopic (exact) mass is 250 g/mol. The molecule has 0 aromatic rings. The van der Waals surface area contributed by atoms with E-state index in [-0.39, 0.29) is 0 Å². The quantitative estimate of drug-likeness (QED) is 0.828. The van der Waals surface area contributed by atoms with E-state index < -0.39 is 0 Å². The fourth-order valence-corrected chi connectivity index (χ4v) is 4.62. The maximum absolute atomic E-state index is 3.51. The van der Waals surface area contributed by atoms with Crippen molar-refractivity contribution in [1.29, 1.82) is 0 Å². The van der Waals surface area contributed by atoms with Gasteiger partial charge in [-0.1, -0.05) is 19.8 Å². The van der Waals surface area contributed by atoms with Crippen LogP contribution < -0.4 is 5.32 Å². The fraction of sp³-hybridized carbons (Fsp3) is 1.00. The maximum Gasteiger partial charge on any atom is 0.0114 e. The van der Waals surface area contributed by atoms with Gasteiger partial charge in [-0.3, -0.25) is 4.90 Å². The van der Waals surface area contributed by atoms with Gasteiger partial charge in [0.1, 0.15) is 0 Å². The van der Waals surface area contributed by atoms with E-state index in [4.69, 9.17) is 0 Å². The van der Waals surface area contributed by atoms with Gasteiger partial charge >= 0.3 is 0 Å². The molecule has 2 heterocycles. The average Bonchev–Trinajstić information content (AvgIpc) is 2.63. The van der Waals surface area contributed by atoms with E-state index >= 15 is 0 Å². The van der Waals surface area contributed by atoms with Crippen molar-refractivity contribution in [2.45, 2.75) is 76.4 Å². The van der Waals surface area contributed by atoms with Crippen LogP contribution in [-0.4, -0.2) is 36.6 Å². The van der Waals surface area contributed by atoms with E-state index in [1.165, 1.54) is 57.9 Å². The predicted molar refractivity (Wildman–Crippen MR) is 76.7 cm³/mol. The van der Waals surface area contributed by atoms with Crippen LogP contribution in [0.3, 0.4) is 0 Å². The summed E-state index contributed by atoms with van der Waals surface area (Å²) >= 11 is 0. The zero-order valence-corrected chi connectivity index (χ0v) is 12.2. The van der Waals surface area contributed by atoms with E-state index in [0.717, 1.165) is 30.0 Å². The summed E-state index contributed by atoms with van der Waals surface area (Å²) in [7, 11) is 2.14. The first-order valence-electron chi connectivity index (χ1n) is 8.19. The predicted octanol–water partition coefficient (Wildman–Crippen LogP) is 3.03. The van der Waals surface area contributed by atoms with Gasteiger partial charge in [-0.2, -0.15) is 0 Å². The highest BCUT2D eigenvalue weighted by molar-refractivity contribution is 4.97. The lowest BCUT2D eigenvalue weighted by molar-refractivity contribution is 0.0862. The topological polar surface area (TPSA) is 15.3 Å².